The van der Waals surface area contributed by atoms with Crippen molar-refractivity contribution in [3.05, 3.63) is 35.2 Å². The second-order valence-corrected chi connectivity index (χ2v) is 6.51. The number of hydrogen-bond donors (Lipinski definition) is 2. The van der Waals surface area contributed by atoms with Crippen LogP contribution in [-0.4, -0.2) is 28.0 Å². The highest BCUT2D eigenvalue weighted by atomic mass is 35.5. The maximum Gasteiger partial charge on any atom is 0.247 e. The van der Waals surface area contributed by atoms with Gasteiger partial charge in [0, 0.05) is 23.2 Å². The summed E-state index contributed by atoms with van der Waals surface area (Å²) in [6.45, 7) is 0.763. The second kappa shape index (κ2) is 7.90. The normalized spacial score (nSPS) is 22.0. The zero-order valence-electron chi connectivity index (χ0n) is 13.0. The van der Waals surface area contributed by atoms with Crippen molar-refractivity contribution >= 4 is 11.6 Å². The van der Waals surface area contributed by atoms with Crippen LogP contribution in [0.3, 0.4) is 0 Å². The fourth-order valence-corrected chi connectivity index (χ4v) is 3.25. The van der Waals surface area contributed by atoms with Gasteiger partial charge in [0.2, 0.25) is 11.8 Å². The zero-order chi connectivity index (χ0) is 16.1. The van der Waals surface area contributed by atoms with Gasteiger partial charge in [-0.25, -0.2) is 0 Å². The van der Waals surface area contributed by atoms with E-state index in [1.807, 2.05) is 12.1 Å². The lowest BCUT2D eigenvalue weighted by Gasteiger charge is -2.23. The van der Waals surface area contributed by atoms with Crippen LogP contribution in [0.15, 0.2) is 28.7 Å². The van der Waals surface area contributed by atoms with Crippen molar-refractivity contribution in [3.8, 4) is 11.5 Å². The number of aliphatic hydroxyl groups excluding tert-OH is 1. The molecule has 2 atom stereocenters. The molecule has 1 heterocycles. The summed E-state index contributed by atoms with van der Waals surface area (Å²) in [5.74, 6) is 1.38. The van der Waals surface area contributed by atoms with Crippen molar-refractivity contribution in [3.63, 3.8) is 0 Å². The second-order valence-electron chi connectivity index (χ2n) is 6.08. The molecule has 3 rings (SSSR count). The van der Waals surface area contributed by atoms with Crippen molar-refractivity contribution in [2.24, 2.45) is 5.92 Å². The van der Waals surface area contributed by atoms with E-state index in [4.69, 9.17) is 16.0 Å². The van der Waals surface area contributed by atoms with E-state index in [9.17, 15) is 5.11 Å². The van der Waals surface area contributed by atoms with Crippen LogP contribution in [-0.2, 0) is 6.54 Å². The lowest BCUT2D eigenvalue weighted by molar-refractivity contribution is 0.179. The van der Waals surface area contributed by atoms with Crippen molar-refractivity contribution in [1.29, 1.82) is 0 Å². The smallest absolute Gasteiger partial charge is 0.247 e. The highest BCUT2D eigenvalue weighted by Gasteiger charge is 2.23. The van der Waals surface area contributed by atoms with E-state index in [-0.39, 0.29) is 6.61 Å². The molecule has 124 valence electrons. The maximum atomic E-state index is 9.56. The Morgan fingerprint density at radius 2 is 1.91 bits per heavy atom. The largest absolute Gasteiger partial charge is 0.419 e. The minimum absolute atomic E-state index is 0.234. The molecular weight excluding hydrogens is 314 g/mol. The van der Waals surface area contributed by atoms with E-state index >= 15 is 0 Å². The third-order valence-corrected chi connectivity index (χ3v) is 4.72. The molecule has 1 fully saturated rings. The first-order valence-corrected chi connectivity index (χ1v) is 8.56. The monoisotopic (exact) mass is 335 g/mol. The molecule has 1 aromatic carbocycles. The number of nitrogens with zero attached hydrogens (tertiary/aromatic N) is 2. The number of halogens is 1. The Kier molecular flexibility index (Phi) is 5.65. The van der Waals surface area contributed by atoms with Crippen LogP contribution in [0.5, 0.6) is 0 Å². The summed E-state index contributed by atoms with van der Waals surface area (Å²) in [6, 6.07) is 7.64. The summed E-state index contributed by atoms with van der Waals surface area (Å²) >= 11 is 5.88. The molecule has 0 aliphatic heterocycles. The van der Waals surface area contributed by atoms with E-state index in [1.165, 1.54) is 19.3 Å². The lowest BCUT2D eigenvalue weighted by Crippen LogP contribution is -2.36. The van der Waals surface area contributed by atoms with Crippen LogP contribution in [0.2, 0.25) is 5.02 Å². The molecule has 0 saturated heterocycles. The quantitative estimate of drug-likeness (QED) is 0.819. The van der Waals surface area contributed by atoms with Crippen molar-refractivity contribution < 1.29 is 9.52 Å². The molecule has 6 heteroatoms. The third-order valence-electron chi connectivity index (χ3n) is 4.47. The van der Waals surface area contributed by atoms with Gasteiger partial charge in [0.05, 0.1) is 6.54 Å². The van der Waals surface area contributed by atoms with Crippen molar-refractivity contribution in [2.75, 3.05) is 6.61 Å². The van der Waals surface area contributed by atoms with Gasteiger partial charge in [0.1, 0.15) is 0 Å². The number of nitrogens with one attached hydrogen (secondary N) is 1. The van der Waals surface area contributed by atoms with Crippen LogP contribution >= 0.6 is 11.6 Å². The topological polar surface area (TPSA) is 71.2 Å². The van der Waals surface area contributed by atoms with Gasteiger partial charge >= 0.3 is 0 Å². The van der Waals surface area contributed by atoms with Gasteiger partial charge in [-0.05, 0) is 43.0 Å². The molecule has 23 heavy (non-hydrogen) atoms. The average Bonchev–Trinajstić information content (AvgIpc) is 2.92. The van der Waals surface area contributed by atoms with E-state index in [1.54, 1.807) is 12.1 Å². The average molecular weight is 336 g/mol. The minimum Gasteiger partial charge on any atom is -0.419 e. The molecular formula is C17H22ClN3O2. The Balaban J connectivity index is 1.61. The SMILES string of the molecule is OC[C@@H]1CCCCC[C@@H]1NCc1nnc(-c2ccc(Cl)cc2)o1. The first-order valence-electron chi connectivity index (χ1n) is 8.19. The van der Waals surface area contributed by atoms with Crippen LogP contribution < -0.4 is 5.32 Å². The Hall–Kier alpha value is -1.43. The van der Waals surface area contributed by atoms with Crippen LogP contribution in [0.1, 0.15) is 38.0 Å². The summed E-state index contributed by atoms with van der Waals surface area (Å²) in [7, 11) is 0. The number of hydrogen-bond acceptors (Lipinski definition) is 5. The van der Waals surface area contributed by atoms with Crippen LogP contribution in [0, 0.1) is 5.92 Å². The number of rotatable bonds is 5. The summed E-state index contributed by atoms with van der Waals surface area (Å²) < 4.78 is 5.71. The van der Waals surface area contributed by atoms with Gasteiger partial charge in [-0.3, -0.25) is 0 Å². The predicted octanol–water partition coefficient (Wildman–Crippen LogP) is 3.42. The van der Waals surface area contributed by atoms with Crippen molar-refractivity contribution in [2.45, 2.75) is 44.7 Å². The molecule has 5 nitrogen and oxygen atoms in total. The standard InChI is InChI=1S/C17H22ClN3O2/c18-14-8-6-12(7-9-14)17-21-20-16(23-17)10-19-15-5-3-1-2-4-13(15)11-22/h6-9,13,15,19,22H,1-5,10-11H2/t13-,15-/m0/s1. The third kappa shape index (κ3) is 4.31. The molecule has 1 aliphatic rings. The molecule has 1 aliphatic carbocycles. The fraction of sp³-hybridized carbons (Fsp3) is 0.529. The minimum atomic E-state index is 0.234. The molecule has 2 aromatic rings. The summed E-state index contributed by atoms with van der Waals surface area (Å²) in [5, 5.41) is 21.9. The first-order chi connectivity index (χ1) is 11.3. The van der Waals surface area contributed by atoms with Crippen LogP contribution in [0.4, 0.5) is 0 Å². The zero-order valence-corrected chi connectivity index (χ0v) is 13.8. The first kappa shape index (κ1) is 16.4. The van der Waals surface area contributed by atoms with E-state index in [0.717, 1.165) is 18.4 Å². The molecule has 0 unspecified atom stereocenters. The summed E-state index contributed by atoms with van der Waals surface area (Å²) in [6.07, 6.45) is 5.81. The Morgan fingerprint density at radius 3 is 2.70 bits per heavy atom. The van der Waals surface area contributed by atoms with E-state index in [2.05, 4.69) is 15.5 Å². The molecule has 0 radical (unpaired) electrons. The summed E-state index contributed by atoms with van der Waals surface area (Å²) in [5.41, 5.74) is 0.857. The van der Waals surface area contributed by atoms with E-state index in [0.29, 0.717) is 35.3 Å². The lowest BCUT2D eigenvalue weighted by atomic mass is 9.96. The number of benzene rings is 1. The van der Waals surface area contributed by atoms with Crippen molar-refractivity contribution in [1.82, 2.24) is 15.5 Å². The van der Waals surface area contributed by atoms with Gasteiger partial charge in [0.25, 0.3) is 0 Å². The van der Waals surface area contributed by atoms with Gasteiger partial charge in [0.15, 0.2) is 0 Å². The highest BCUT2D eigenvalue weighted by molar-refractivity contribution is 6.30. The molecule has 1 aromatic heterocycles. The summed E-state index contributed by atoms with van der Waals surface area (Å²) in [4.78, 5) is 0. The van der Waals surface area contributed by atoms with E-state index < -0.39 is 0 Å². The maximum absolute atomic E-state index is 9.56. The van der Waals surface area contributed by atoms with Gasteiger partial charge in [-0.15, -0.1) is 10.2 Å². The predicted molar refractivity (Wildman–Crippen MR) is 89.0 cm³/mol. The fourth-order valence-electron chi connectivity index (χ4n) is 3.12. The number of aromatic nitrogens is 2. The number of aliphatic hydroxyl groups is 1. The molecule has 0 spiro atoms. The van der Waals surface area contributed by atoms with Gasteiger partial charge in [-0.2, -0.15) is 0 Å². The van der Waals surface area contributed by atoms with Gasteiger partial charge < -0.3 is 14.8 Å². The Morgan fingerprint density at radius 1 is 1.13 bits per heavy atom. The van der Waals surface area contributed by atoms with Gasteiger partial charge in [-0.1, -0.05) is 30.9 Å². The highest BCUT2D eigenvalue weighted by Crippen LogP contribution is 2.24. The van der Waals surface area contributed by atoms with Crippen LogP contribution in [0.25, 0.3) is 11.5 Å². The molecule has 1 saturated carbocycles. The Bertz CT molecular complexity index is 615. The molecule has 2 N–H and O–H groups in total. The molecule has 0 amide bonds. The molecule has 0 bridgehead atoms. The Labute approximate surface area is 141 Å².